The minimum atomic E-state index is -0.628. The van der Waals surface area contributed by atoms with E-state index < -0.39 is 11.4 Å². The lowest BCUT2D eigenvalue weighted by atomic mass is 9.35. The third kappa shape index (κ3) is 1.09. The molecule has 3 fully saturated rings. The topological polar surface area (TPSA) is 68.0 Å². The van der Waals surface area contributed by atoms with Gasteiger partial charge in [-0.05, 0) is 36.8 Å². The Morgan fingerprint density at radius 3 is 2.94 bits per heavy atom. The summed E-state index contributed by atoms with van der Waals surface area (Å²) in [6.07, 6.45) is 5.94. The molecule has 92 valence electrons. The molecule has 0 amide bonds. The van der Waals surface area contributed by atoms with Crippen molar-refractivity contribution in [1.82, 2.24) is 14.8 Å². The van der Waals surface area contributed by atoms with E-state index in [0.29, 0.717) is 0 Å². The molecule has 2 aromatic heterocycles. The van der Waals surface area contributed by atoms with Gasteiger partial charge in [-0.2, -0.15) is 5.10 Å². The highest BCUT2D eigenvalue weighted by atomic mass is 16.4. The van der Waals surface area contributed by atoms with Crippen LogP contribution in [0, 0.1) is 10.8 Å². The molecular weight excluding hydrogens is 230 g/mol. The fraction of sp³-hybridized carbons (Fsp3) is 0.462. The summed E-state index contributed by atoms with van der Waals surface area (Å²) < 4.78 is 1.97. The summed E-state index contributed by atoms with van der Waals surface area (Å²) in [6.45, 7) is 0.817. The second-order valence-electron chi connectivity index (χ2n) is 5.83. The van der Waals surface area contributed by atoms with Crippen molar-refractivity contribution in [2.24, 2.45) is 10.8 Å². The number of carboxylic acids is 1. The summed E-state index contributed by atoms with van der Waals surface area (Å²) in [5, 5.41) is 13.5. The van der Waals surface area contributed by atoms with Gasteiger partial charge in [0.25, 0.3) is 0 Å². The average Bonchev–Trinajstić information content (AvgIpc) is 2.64. The third-order valence-corrected chi connectivity index (χ3v) is 4.49. The number of hydrogen-bond donors (Lipinski definition) is 1. The van der Waals surface area contributed by atoms with Gasteiger partial charge in [-0.25, -0.2) is 0 Å². The molecule has 2 heterocycles. The van der Waals surface area contributed by atoms with Crippen LogP contribution in [0.4, 0.5) is 0 Å². The minimum absolute atomic E-state index is 0.174. The number of rotatable bonds is 3. The van der Waals surface area contributed by atoms with Crippen LogP contribution < -0.4 is 0 Å². The number of pyridine rings is 1. The van der Waals surface area contributed by atoms with E-state index in [9.17, 15) is 4.79 Å². The minimum Gasteiger partial charge on any atom is -0.481 e. The molecule has 0 atom stereocenters. The van der Waals surface area contributed by atoms with Crippen LogP contribution in [0.15, 0.2) is 24.5 Å². The number of fused-ring (bicyclic) bond motifs is 1. The number of aromatic nitrogens is 3. The van der Waals surface area contributed by atoms with Crippen molar-refractivity contribution in [3.05, 3.63) is 24.5 Å². The van der Waals surface area contributed by atoms with Crippen molar-refractivity contribution in [3.8, 4) is 0 Å². The van der Waals surface area contributed by atoms with Gasteiger partial charge in [0, 0.05) is 12.7 Å². The molecule has 5 rings (SSSR count). The van der Waals surface area contributed by atoms with Gasteiger partial charge in [-0.3, -0.25) is 14.5 Å². The average molecular weight is 243 g/mol. The Balaban J connectivity index is 1.59. The molecule has 0 aliphatic heterocycles. The summed E-state index contributed by atoms with van der Waals surface area (Å²) in [7, 11) is 0. The fourth-order valence-corrected chi connectivity index (χ4v) is 3.75. The molecule has 0 unspecified atom stereocenters. The number of nitrogens with zero attached hydrogens (tertiary/aromatic N) is 3. The van der Waals surface area contributed by atoms with Gasteiger partial charge in [0.1, 0.15) is 5.52 Å². The third-order valence-electron chi connectivity index (χ3n) is 4.49. The Kier molecular flexibility index (Phi) is 1.62. The molecule has 2 aromatic rings. The van der Waals surface area contributed by atoms with Gasteiger partial charge in [-0.15, -0.1) is 0 Å². The molecule has 0 aromatic carbocycles. The lowest BCUT2D eigenvalue weighted by Crippen LogP contribution is -2.66. The predicted octanol–water partition coefficient (Wildman–Crippen LogP) is 1.69. The van der Waals surface area contributed by atoms with Crippen LogP contribution in [0.3, 0.4) is 0 Å². The van der Waals surface area contributed by atoms with Gasteiger partial charge in [-0.1, -0.05) is 0 Å². The maximum Gasteiger partial charge on any atom is 0.309 e. The highest BCUT2D eigenvalue weighted by Gasteiger charge is 2.71. The Bertz CT molecular complexity index is 641. The van der Waals surface area contributed by atoms with E-state index in [4.69, 9.17) is 5.11 Å². The Labute approximate surface area is 103 Å². The van der Waals surface area contributed by atoms with Crippen molar-refractivity contribution < 1.29 is 9.90 Å². The van der Waals surface area contributed by atoms with Crippen molar-refractivity contribution in [3.63, 3.8) is 0 Å². The number of carbonyl (C=O) groups is 1. The molecule has 0 spiro atoms. The van der Waals surface area contributed by atoms with Crippen LogP contribution in [-0.4, -0.2) is 25.8 Å². The van der Waals surface area contributed by atoms with E-state index >= 15 is 0 Å². The lowest BCUT2D eigenvalue weighted by Gasteiger charge is -2.68. The number of aliphatic carboxylic acids is 1. The van der Waals surface area contributed by atoms with Crippen LogP contribution >= 0.6 is 0 Å². The quantitative estimate of drug-likeness (QED) is 0.890. The van der Waals surface area contributed by atoms with Gasteiger partial charge in [0.05, 0.1) is 17.1 Å². The molecule has 2 bridgehead atoms. The zero-order valence-corrected chi connectivity index (χ0v) is 9.83. The zero-order valence-electron chi connectivity index (χ0n) is 9.83. The molecule has 5 nitrogen and oxygen atoms in total. The molecule has 0 saturated heterocycles. The van der Waals surface area contributed by atoms with E-state index in [1.165, 1.54) is 0 Å². The highest BCUT2D eigenvalue weighted by Crippen LogP contribution is 2.74. The summed E-state index contributed by atoms with van der Waals surface area (Å²) in [6, 6.07) is 3.91. The Hall–Kier alpha value is -1.91. The van der Waals surface area contributed by atoms with Crippen LogP contribution in [0.2, 0.25) is 0 Å². The number of carboxylic acid groups (broad SMARTS) is 1. The highest BCUT2D eigenvalue weighted by molar-refractivity contribution is 5.79. The normalized spacial score (nSPS) is 32.9. The second-order valence-corrected chi connectivity index (χ2v) is 5.83. The van der Waals surface area contributed by atoms with Crippen LogP contribution in [0.1, 0.15) is 19.3 Å². The van der Waals surface area contributed by atoms with Crippen LogP contribution in [0.5, 0.6) is 0 Å². The molecule has 3 saturated carbocycles. The summed E-state index contributed by atoms with van der Waals surface area (Å²) in [5.41, 5.74) is 1.71. The molecule has 18 heavy (non-hydrogen) atoms. The first-order valence-corrected chi connectivity index (χ1v) is 6.13. The molecule has 3 aliphatic rings. The Morgan fingerprint density at radius 1 is 1.44 bits per heavy atom. The standard InChI is InChI=1S/C13H13N3O2/c17-11(18)13-5-12(6-13,7-13)8-16-10-2-1-3-14-9(10)4-15-16/h1-4H,5-8H2,(H,17,18). The molecule has 5 heteroatoms. The maximum atomic E-state index is 11.1. The zero-order chi connectivity index (χ0) is 12.4. The van der Waals surface area contributed by atoms with E-state index in [-0.39, 0.29) is 5.41 Å². The largest absolute Gasteiger partial charge is 0.481 e. The van der Waals surface area contributed by atoms with E-state index in [0.717, 1.165) is 36.8 Å². The molecular formula is C13H13N3O2. The lowest BCUT2D eigenvalue weighted by molar-refractivity contribution is -0.227. The van der Waals surface area contributed by atoms with Crippen LogP contribution in [-0.2, 0) is 11.3 Å². The first kappa shape index (κ1) is 10.1. The summed E-state index contributed by atoms with van der Waals surface area (Å²) >= 11 is 0. The van der Waals surface area contributed by atoms with Gasteiger partial charge in [0.15, 0.2) is 0 Å². The first-order chi connectivity index (χ1) is 8.63. The van der Waals surface area contributed by atoms with E-state index in [2.05, 4.69) is 10.1 Å². The SMILES string of the molecule is O=C(O)C12CC(Cn3ncc4ncccc43)(C1)C2. The smallest absolute Gasteiger partial charge is 0.309 e. The van der Waals surface area contributed by atoms with Crippen molar-refractivity contribution in [2.75, 3.05) is 0 Å². The summed E-state index contributed by atoms with van der Waals surface area (Å²) in [4.78, 5) is 15.3. The second kappa shape index (κ2) is 2.91. The fourth-order valence-electron chi connectivity index (χ4n) is 3.75. The molecule has 0 radical (unpaired) electrons. The molecule has 1 N–H and O–H groups in total. The summed E-state index contributed by atoms with van der Waals surface area (Å²) in [5.74, 6) is -0.628. The van der Waals surface area contributed by atoms with Crippen LogP contribution in [0.25, 0.3) is 11.0 Å². The van der Waals surface area contributed by atoms with Crippen molar-refractivity contribution in [1.29, 1.82) is 0 Å². The van der Waals surface area contributed by atoms with Gasteiger partial charge in [0.2, 0.25) is 0 Å². The molecule has 3 aliphatic carbocycles. The van der Waals surface area contributed by atoms with E-state index in [1.807, 2.05) is 16.8 Å². The van der Waals surface area contributed by atoms with Gasteiger partial charge < -0.3 is 5.11 Å². The maximum absolute atomic E-state index is 11.1. The number of hydrogen-bond acceptors (Lipinski definition) is 3. The predicted molar refractivity (Wildman–Crippen MR) is 63.9 cm³/mol. The monoisotopic (exact) mass is 243 g/mol. The van der Waals surface area contributed by atoms with E-state index in [1.54, 1.807) is 12.4 Å². The van der Waals surface area contributed by atoms with Crippen molar-refractivity contribution >= 4 is 17.0 Å². The van der Waals surface area contributed by atoms with Gasteiger partial charge >= 0.3 is 5.97 Å². The first-order valence-electron chi connectivity index (χ1n) is 6.13. The van der Waals surface area contributed by atoms with Crippen molar-refractivity contribution in [2.45, 2.75) is 25.8 Å². The Morgan fingerprint density at radius 2 is 2.22 bits per heavy atom.